The minimum atomic E-state index is 0.170. The van der Waals surface area contributed by atoms with E-state index >= 15 is 0 Å². The fraction of sp³-hybridized carbons (Fsp3) is 0.294. The second kappa shape index (κ2) is 5.82. The Morgan fingerprint density at radius 3 is 2.73 bits per heavy atom. The fourth-order valence-corrected chi connectivity index (χ4v) is 4.73. The number of hydrogen-bond acceptors (Lipinski definition) is 4. The van der Waals surface area contributed by atoms with Crippen LogP contribution < -0.4 is 0 Å². The molecular weight excluding hydrogens is 312 g/mol. The zero-order chi connectivity index (χ0) is 14.9. The maximum absolute atomic E-state index is 12.4. The van der Waals surface area contributed by atoms with E-state index < -0.39 is 0 Å². The summed E-state index contributed by atoms with van der Waals surface area (Å²) < 4.78 is 1.26. The summed E-state index contributed by atoms with van der Waals surface area (Å²) in [4.78, 5) is 19.1. The Hall–Kier alpha value is -1.72. The first-order valence-electron chi connectivity index (χ1n) is 7.48. The second-order valence-electron chi connectivity index (χ2n) is 5.60. The molecule has 0 radical (unpaired) electrons. The fourth-order valence-electron chi connectivity index (χ4n) is 2.96. The lowest BCUT2D eigenvalue weighted by Crippen LogP contribution is -2.37. The van der Waals surface area contributed by atoms with Gasteiger partial charge in [-0.3, -0.25) is 4.79 Å². The Kier molecular flexibility index (Phi) is 3.68. The normalized spacial score (nSPS) is 16.3. The third-order valence-corrected chi connectivity index (χ3v) is 6.09. The number of thiophene rings is 1. The molecule has 0 aliphatic carbocycles. The molecule has 1 amide bonds. The van der Waals surface area contributed by atoms with Crippen molar-refractivity contribution in [3.8, 4) is 0 Å². The molecule has 1 aliphatic rings. The minimum Gasteiger partial charge on any atom is -0.339 e. The van der Waals surface area contributed by atoms with Crippen molar-refractivity contribution in [3.05, 3.63) is 51.7 Å². The number of hydrogen-bond donors (Lipinski definition) is 0. The molecule has 4 rings (SSSR count). The molecule has 1 aliphatic heterocycles. The van der Waals surface area contributed by atoms with Crippen LogP contribution >= 0.6 is 22.7 Å². The van der Waals surface area contributed by atoms with Crippen molar-refractivity contribution in [2.24, 2.45) is 0 Å². The SMILES string of the molecule is O=C(c1ccsc1)N1CCC(c2nc3ccccc3s2)CC1. The molecule has 3 aromatic rings. The van der Waals surface area contributed by atoms with Gasteiger partial charge in [0.05, 0.1) is 20.8 Å². The van der Waals surface area contributed by atoms with Gasteiger partial charge in [-0.05, 0) is 36.4 Å². The molecule has 3 heterocycles. The van der Waals surface area contributed by atoms with E-state index in [0.717, 1.165) is 37.0 Å². The average molecular weight is 328 g/mol. The topological polar surface area (TPSA) is 33.2 Å². The van der Waals surface area contributed by atoms with Crippen LogP contribution in [0.25, 0.3) is 10.2 Å². The zero-order valence-electron chi connectivity index (χ0n) is 12.1. The standard InChI is InChI=1S/C17H16N2OS2/c20-17(13-7-10-21-11-13)19-8-5-12(6-9-19)16-18-14-3-1-2-4-15(14)22-16/h1-4,7,10-12H,5-6,8-9H2. The van der Waals surface area contributed by atoms with E-state index in [1.807, 2.05) is 27.8 Å². The molecule has 3 nitrogen and oxygen atoms in total. The van der Waals surface area contributed by atoms with Gasteiger partial charge in [-0.15, -0.1) is 11.3 Å². The number of amides is 1. The van der Waals surface area contributed by atoms with Crippen molar-refractivity contribution in [1.82, 2.24) is 9.88 Å². The summed E-state index contributed by atoms with van der Waals surface area (Å²) in [5.41, 5.74) is 1.92. The van der Waals surface area contributed by atoms with Crippen LogP contribution in [-0.4, -0.2) is 28.9 Å². The molecule has 0 bridgehead atoms. The maximum Gasteiger partial charge on any atom is 0.254 e. The summed E-state index contributed by atoms with van der Waals surface area (Å²) >= 11 is 3.37. The van der Waals surface area contributed by atoms with E-state index in [-0.39, 0.29) is 5.91 Å². The molecule has 0 saturated carbocycles. The van der Waals surface area contributed by atoms with Gasteiger partial charge < -0.3 is 4.90 Å². The highest BCUT2D eigenvalue weighted by molar-refractivity contribution is 7.18. The third kappa shape index (κ3) is 2.55. The van der Waals surface area contributed by atoms with Crippen molar-refractivity contribution in [2.45, 2.75) is 18.8 Å². The van der Waals surface area contributed by atoms with Gasteiger partial charge in [-0.1, -0.05) is 12.1 Å². The number of carbonyl (C=O) groups excluding carboxylic acids is 1. The highest BCUT2D eigenvalue weighted by Gasteiger charge is 2.26. The van der Waals surface area contributed by atoms with E-state index in [1.165, 1.54) is 9.71 Å². The molecular formula is C17H16N2OS2. The number of likely N-dealkylation sites (tertiary alicyclic amines) is 1. The predicted molar refractivity (Wildman–Crippen MR) is 91.8 cm³/mol. The van der Waals surface area contributed by atoms with Gasteiger partial charge in [0.15, 0.2) is 0 Å². The van der Waals surface area contributed by atoms with Crippen molar-refractivity contribution < 1.29 is 4.79 Å². The van der Waals surface area contributed by atoms with Crippen molar-refractivity contribution >= 4 is 38.8 Å². The largest absolute Gasteiger partial charge is 0.339 e. The van der Waals surface area contributed by atoms with Gasteiger partial charge in [-0.2, -0.15) is 11.3 Å². The first-order valence-corrected chi connectivity index (χ1v) is 9.24. The van der Waals surface area contributed by atoms with Gasteiger partial charge >= 0.3 is 0 Å². The van der Waals surface area contributed by atoms with Crippen LogP contribution in [-0.2, 0) is 0 Å². The number of benzene rings is 1. The van der Waals surface area contributed by atoms with Gasteiger partial charge in [0.1, 0.15) is 0 Å². The number of piperidine rings is 1. The Morgan fingerprint density at radius 1 is 1.18 bits per heavy atom. The molecule has 2 aromatic heterocycles. The Labute approximate surface area is 137 Å². The highest BCUT2D eigenvalue weighted by atomic mass is 32.1. The van der Waals surface area contributed by atoms with E-state index in [9.17, 15) is 4.79 Å². The van der Waals surface area contributed by atoms with Crippen LogP contribution in [0.4, 0.5) is 0 Å². The molecule has 1 saturated heterocycles. The van der Waals surface area contributed by atoms with Crippen molar-refractivity contribution in [3.63, 3.8) is 0 Å². The molecule has 0 spiro atoms. The highest BCUT2D eigenvalue weighted by Crippen LogP contribution is 2.34. The summed E-state index contributed by atoms with van der Waals surface area (Å²) in [6, 6.07) is 10.2. The average Bonchev–Trinajstić information content (AvgIpc) is 3.23. The first-order chi connectivity index (χ1) is 10.8. The van der Waals surface area contributed by atoms with E-state index in [2.05, 4.69) is 18.2 Å². The Morgan fingerprint density at radius 2 is 2.00 bits per heavy atom. The number of nitrogens with zero attached hydrogens (tertiary/aromatic N) is 2. The molecule has 1 aromatic carbocycles. The number of para-hydroxylation sites is 1. The number of fused-ring (bicyclic) bond motifs is 1. The molecule has 5 heteroatoms. The van der Waals surface area contributed by atoms with Crippen LogP contribution in [0.15, 0.2) is 41.1 Å². The minimum absolute atomic E-state index is 0.170. The van der Waals surface area contributed by atoms with Crippen LogP contribution in [0.3, 0.4) is 0 Å². The third-order valence-electron chi connectivity index (χ3n) is 4.21. The first kappa shape index (κ1) is 13.9. The summed E-state index contributed by atoms with van der Waals surface area (Å²) in [5.74, 6) is 0.660. The summed E-state index contributed by atoms with van der Waals surface area (Å²) in [6.45, 7) is 1.66. The number of thiazole rings is 1. The summed E-state index contributed by atoms with van der Waals surface area (Å²) in [6.07, 6.45) is 2.02. The lowest BCUT2D eigenvalue weighted by molar-refractivity contribution is 0.0713. The van der Waals surface area contributed by atoms with Crippen LogP contribution in [0.1, 0.15) is 34.1 Å². The van der Waals surface area contributed by atoms with Gasteiger partial charge in [0.25, 0.3) is 5.91 Å². The maximum atomic E-state index is 12.4. The number of rotatable bonds is 2. The Bertz CT molecular complexity index is 753. The molecule has 1 fully saturated rings. The molecule has 0 N–H and O–H groups in total. The number of carbonyl (C=O) groups is 1. The summed E-state index contributed by atoms with van der Waals surface area (Å²) in [7, 11) is 0. The number of aromatic nitrogens is 1. The molecule has 22 heavy (non-hydrogen) atoms. The van der Waals surface area contributed by atoms with Crippen LogP contribution in [0, 0.1) is 0 Å². The van der Waals surface area contributed by atoms with Gasteiger partial charge in [-0.25, -0.2) is 4.98 Å². The zero-order valence-corrected chi connectivity index (χ0v) is 13.7. The van der Waals surface area contributed by atoms with Gasteiger partial charge in [0.2, 0.25) is 0 Å². The van der Waals surface area contributed by atoms with E-state index in [4.69, 9.17) is 4.98 Å². The smallest absolute Gasteiger partial charge is 0.254 e. The molecule has 0 unspecified atom stereocenters. The van der Waals surface area contributed by atoms with Crippen molar-refractivity contribution in [2.75, 3.05) is 13.1 Å². The van der Waals surface area contributed by atoms with E-state index in [0.29, 0.717) is 5.92 Å². The van der Waals surface area contributed by atoms with E-state index in [1.54, 1.807) is 22.7 Å². The molecule has 0 atom stereocenters. The van der Waals surface area contributed by atoms with Gasteiger partial charge in [0, 0.05) is 24.4 Å². The summed E-state index contributed by atoms with van der Waals surface area (Å²) in [5, 5.41) is 5.12. The van der Waals surface area contributed by atoms with Crippen LogP contribution in [0.2, 0.25) is 0 Å². The van der Waals surface area contributed by atoms with Crippen LogP contribution in [0.5, 0.6) is 0 Å². The quantitative estimate of drug-likeness (QED) is 0.699. The molecule has 112 valence electrons. The predicted octanol–water partition coefficient (Wildman–Crippen LogP) is 4.38. The Balaban J connectivity index is 1.46. The monoisotopic (exact) mass is 328 g/mol. The lowest BCUT2D eigenvalue weighted by Gasteiger charge is -2.30. The second-order valence-corrected chi connectivity index (χ2v) is 7.44. The lowest BCUT2D eigenvalue weighted by atomic mass is 9.97. The van der Waals surface area contributed by atoms with Crippen molar-refractivity contribution in [1.29, 1.82) is 0 Å².